The van der Waals surface area contributed by atoms with Gasteiger partial charge >= 0.3 is 0 Å². The minimum absolute atomic E-state index is 0.0422. The maximum atomic E-state index is 12.5. The largest absolute Gasteiger partial charge is 0.494 e. The second kappa shape index (κ2) is 11.4. The van der Waals surface area contributed by atoms with Crippen LogP contribution in [0.4, 0.5) is 5.69 Å². The van der Waals surface area contributed by atoms with Gasteiger partial charge in [0.25, 0.3) is 0 Å². The van der Waals surface area contributed by atoms with E-state index < -0.39 is 0 Å². The van der Waals surface area contributed by atoms with Gasteiger partial charge in [-0.05, 0) is 70.3 Å². The van der Waals surface area contributed by atoms with Crippen LogP contribution in [0.15, 0.2) is 42.5 Å². The van der Waals surface area contributed by atoms with Crippen LogP contribution in [0, 0.1) is 0 Å². The molecule has 0 aliphatic carbocycles. The molecule has 0 aliphatic rings. The Hall–Kier alpha value is -2.77. The summed E-state index contributed by atoms with van der Waals surface area (Å²) in [5.41, 5.74) is 0.446. The average molecular weight is 434 g/mol. The molecular formula is C22H28ClN3O4. The smallest absolute Gasteiger partial charge is 0.238 e. The highest BCUT2D eigenvalue weighted by Gasteiger charge is 2.14. The van der Waals surface area contributed by atoms with Crippen LogP contribution in [0.5, 0.6) is 17.2 Å². The van der Waals surface area contributed by atoms with Crippen LogP contribution in [0.1, 0.15) is 20.8 Å². The molecule has 0 saturated carbocycles. The molecule has 0 radical (unpaired) electrons. The summed E-state index contributed by atoms with van der Waals surface area (Å²) in [5.74, 6) is 1.38. The Balaban J connectivity index is 2.02. The van der Waals surface area contributed by atoms with E-state index >= 15 is 0 Å². The maximum Gasteiger partial charge on any atom is 0.238 e. The quantitative estimate of drug-likeness (QED) is 0.593. The van der Waals surface area contributed by atoms with E-state index in [1.807, 2.05) is 32.9 Å². The Labute approximate surface area is 182 Å². The Kier molecular flexibility index (Phi) is 8.95. The van der Waals surface area contributed by atoms with Crippen molar-refractivity contribution in [2.45, 2.75) is 26.8 Å². The van der Waals surface area contributed by atoms with Crippen molar-refractivity contribution < 1.29 is 19.1 Å². The zero-order valence-corrected chi connectivity index (χ0v) is 18.5. The van der Waals surface area contributed by atoms with E-state index in [0.29, 0.717) is 28.8 Å². The van der Waals surface area contributed by atoms with Gasteiger partial charge in [-0.25, -0.2) is 0 Å². The zero-order valence-electron chi connectivity index (χ0n) is 17.7. The van der Waals surface area contributed by atoms with Crippen LogP contribution in [0.2, 0.25) is 5.02 Å². The average Bonchev–Trinajstić information content (AvgIpc) is 2.64. The van der Waals surface area contributed by atoms with E-state index in [1.54, 1.807) is 42.3 Å². The first kappa shape index (κ1) is 23.5. The number of anilines is 1. The van der Waals surface area contributed by atoms with Gasteiger partial charge < -0.3 is 20.1 Å². The molecule has 0 bridgehead atoms. The third kappa shape index (κ3) is 7.93. The fourth-order valence-corrected chi connectivity index (χ4v) is 2.86. The number of ether oxygens (including phenoxy) is 2. The molecule has 0 unspecified atom stereocenters. The lowest BCUT2D eigenvalue weighted by Gasteiger charge is -2.18. The standard InChI is InChI=1S/C22H28ClN3O4/c1-5-29-17-7-9-18(10-8-17)30-20-11-6-16(23)12-19(20)25-22(28)14-26(4)13-21(27)24-15(2)3/h6-12,15H,5,13-14H2,1-4H3,(H,24,27)(H,25,28). The normalized spacial score (nSPS) is 10.8. The van der Waals surface area contributed by atoms with Crippen molar-refractivity contribution in [2.75, 3.05) is 32.1 Å². The molecule has 2 aromatic carbocycles. The molecule has 0 aliphatic heterocycles. The Morgan fingerprint density at radius 2 is 1.67 bits per heavy atom. The highest BCUT2D eigenvalue weighted by Crippen LogP contribution is 2.32. The monoisotopic (exact) mass is 433 g/mol. The molecule has 2 rings (SSSR count). The molecule has 7 nitrogen and oxygen atoms in total. The minimum Gasteiger partial charge on any atom is -0.494 e. The van der Waals surface area contributed by atoms with Crippen molar-refractivity contribution >= 4 is 29.1 Å². The number of amides is 2. The molecule has 2 aromatic rings. The summed E-state index contributed by atoms with van der Waals surface area (Å²) < 4.78 is 11.3. The van der Waals surface area contributed by atoms with Crippen LogP contribution in [-0.4, -0.2) is 49.5 Å². The minimum atomic E-state index is -0.284. The van der Waals surface area contributed by atoms with Crippen molar-refractivity contribution in [3.8, 4) is 17.2 Å². The summed E-state index contributed by atoms with van der Waals surface area (Å²) in [5, 5.41) is 6.06. The fraction of sp³-hybridized carbons (Fsp3) is 0.364. The summed E-state index contributed by atoms with van der Waals surface area (Å²) >= 11 is 6.10. The van der Waals surface area contributed by atoms with Gasteiger partial charge in [0, 0.05) is 11.1 Å². The molecule has 8 heteroatoms. The first-order valence-electron chi connectivity index (χ1n) is 9.74. The van der Waals surface area contributed by atoms with Crippen LogP contribution < -0.4 is 20.1 Å². The number of carbonyl (C=O) groups excluding carboxylic acids is 2. The number of nitrogens with one attached hydrogen (secondary N) is 2. The lowest BCUT2D eigenvalue weighted by atomic mass is 10.2. The molecule has 0 fully saturated rings. The van der Waals surface area contributed by atoms with Gasteiger partial charge in [-0.3, -0.25) is 14.5 Å². The molecule has 0 saturated heterocycles. The highest BCUT2D eigenvalue weighted by molar-refractivity contribution is 6.31. The van der Waals surface area contributed by atoms with Gasteiger partial charge in [-0.2, -0.15) is 0 Å². The van der Waals surface area contributed by atoms with E-state index in [9.17, 15) is 9.59 Å². The summed E-state index contributed by atoms with van der Waals surface area (Å²) in [6.45, 7) is 6.44. The maximum absolute atomic E-state index is 12.5. The first-order chi connectivity index (χ1) is 14.3. The van der Waals surface area contributed by atoms with Crippen LogP contribution in [0.3, 0.4) is 0 Å². The van der Waals surface area contributed by atoms with Gasteiger partial charge in [0.05, 0.1) is 25.4 Å². The lowest BCUT2D eigenvalue weighted by molar-refractivity contribution is -0.123. The number of hydrogen-bond donors (Lipinski definition) is 2. The van der Waals surface area contributed by atoms with Crippen molar-refractivity contribution in [3.05, 3.63) is 47.5 Å². The molecule has 30 heavy (non-hydrogen) atoms. The number of rotatable bonds is 10. The predicted octanol–water partition coefficient (Wildman–Crippen LogP) is 3.93. The van der Waals surface area contributed by atoms with Gasteiger partial charge in [0.15, 0.2) is 5.75 Å². The van der Waals surface area contributed by atoms with Crippen molar-refractivity contribution in [3.63, 3.8) is 0 Å². The second-order valence-corrected chi connectivity index (χ2v) is 7.53. The zero-order chi connectivity index (χ0) is 22.1. The molecule has 0 atom stereocenters. The van der Waals surface area contributed by atoms with E-state index in [2.05, 4.69) is 10.6 Å². The topological polar surface area (TPSA) is 79.9 Å². The van der Waals surface area contributed by atoms with E-state index in [0.717, 1.165) is 5.75 Å². The molecule has 2 amide bonds. The third-order valence-corrected chi connectivity index (χ3v) is 4.09. The predicted molar refractivity (Wildman–Crippen MR) is 119 cm³/mol. The lowest BCUT2D eigenvalue weighted by Crippen LogP contribution is -2.41. The van der Waals surface area contributed by atoms with Crippen molar-refractivity contribution in [2.24, 2.45) is 0 Å². The number of carbonyl (C=O) groups is 2. The molecule has 0 heterocycles. The van der Waals surface area contributed by atoms with Gasteiger partial charge in [0.1, 0.15) is 11.5 Å². The SMILES string of the molecule is CCOc1ccc(Oc2ccc(Cl)cc2NC(=O)CN(C)CC(=O)NC(C)C)cc1. The second-order valence-electron chi connectivity index (χ2n) is 7.09. The number of likely N-dealkylation sites (N-methyl/N-ethyl adjacent to an activating group) is 1. The number of hydrogen-bond acceptors (Lipinski definition) is 5. The van der Waals surface area contributed by atoms with Crippen LogP contribution in [-0.2, 0) is 9.59 Å². The summed E-state index contributed by atoms with van der Waals surface area (Å²) in [6.07, 6.45) is 0. The van der Waals surface area contributed by atoms with Crippen molar-refractivity contribution in [1.29, 1.82) is 0 Å². The van der Waals surface area contributed by atoms with E-state index in [1.165, 1.54) is 0 Å². The highest BCUT2D eigenvalue weighted by atomic mass is 35.5. The van der Waals surface area contributed by atoms with Crippen LogP contribution >= 0.6 is 11.6 Å². The summed E-state index contributed by atoms with van der Waals surface area (Å²) in [7, 11) is 1.70. The van der Waals surface area contributed by atoms with Gasteiger partial charge in [-0.15, -0.1) is 0 Å². The number of benzene rings is 2. The Morgan fingerprint density at radius 1 is 1.03 bits per heavy atom. The number of halogens is 1. The van der Waals surface area contributed by atoms with Gasteiger partial charge in [0.2, 0.25) is 11.8 Å². The molecule has 0 spiro atoms. The fourth-order valence-electron chi connectivity index (χ4n) is 2.69. The van der Waals surface area contributed by atoms with Gasteiger partial charge in [-0.1, -0.05) is 11.6 Å². The Morgan fingerprint density at radius 3 is 2.30 bits per heavy atom. The molecule has 2 N–H and O–H groups in total. The molecule has 0 aromatic heterocycles. The molecule has 162 valence electrons. The van der Waals surface area contributed by atoms with Crippen molar-refractivity contribution in [1.82, 2.24) is 10.2 Å². The summed E-state index contributed by atoms with van der Waals surface area (Å²) in [6, 6.07) is 12.2. The Bertz CT molecular complexity index is 856. The summed E-state index contributed by atoms with van der Waals surface area (Å²) in [4.78, 5) is 25.9. The van der Waals surface area contributed by atoms with E-state index in [-0.39, 0.29) is 30.9 Å². The first-order valence-corrected chi connectivity index (χ1v) is 10.1. The molecular weight excluding hydrogens is 406 g/mol. The number of nitrogens with zero attached hydrogens (tertiary/aromatic N) is 1. The van der Waals surface area contributed by atoms with Crippen LogP contribution in [0.25, 0.3) is 0 Å². The van der Waals surface area contributed by atoms with E-state index in [4.69, 9.17) is 21.1 Å². The third-order valence-electron chi connectivity index (χ3n) is 3.85.